The van der Waals surface area contributed by atoms with Gasteiger partial charge in [-0.25, -0.2) is 4.68 Å². The predicted octanol–water partition coefficient (Wildman–Crippen LogP) is 2.98. The summed E-state index contributed by atoms with van der Waals surface area (Å²) < 4.78 is 6.79. The molecule has 0 aliphatic heterocycles. The van der Waals surface area contributed by atoms with Crippen LogP contribution in [-0.2, 0) is 6.54 Å². The first kappa shape index (κ1) is 15.8. The minimum Gasteiger partial charge on any atom is -0.494 e. The van der Waals surface area contributed by atoms with Crippen LogP contribution in [0.3, 0.4) is 0 Å². The Hall–Kier alpha value is -2.61. The zero-order valence-electron chi connectivity index (χ0n) is 12.9. The van der Waals surface area contributed by atoms with Gasteiger partial charge in [-0.3, -0.25) is 4.79 Å². The molecule has 0 saturated carbocycles. The molecule has 1 heterocycles. The van der Waals surface area contributed by atoms with Crippen molar-refractivity contribution >= 4 is 0 Å². The summed E-state index contributed by atoms with van der Waals surface area (Å²) in [7, 11) is 0. The molecule has 0 amide bonds. The third kappa shape index (κ3) is 3.53. The molecule has 0 radical (unpaired) electrons. The van der Waals surface area contributed by atoms with Crippen molar-refractivity contribution in [1.29, 1.82) is 5.26 Å². The van der Waals surface area contributed by atoms with E-state index in [1.165, 1.54) is 4.68 Å². The standard InChI is InChI=1S/C17H19N3O2/c1-3-5-10-20-17(21)14(12-18)11-16(19-20)13-6-8-15(9-7-13)22-4-2/h6-9,11H,3-5,10H2,1-2H3. The van der Waals surface area contributed by atoms with Gasteiger partial charge in [0.25, 0.3) is 5.56 Å². The maximum atomic E-state index is 12.1. The first-order valence-corrected chi connectivity index (χ1v) is 7.45. The van der Waals surface area contributed by atoms with Crippen LogP contribution < -0.4 is 10.3 Å². The molecule has 0 aliphatic carbocycles. The van der Waals surface area contributed by atoms with Crippen LogP contribution in [0, 0.1) is 11.3 Å². The fraction of sp³-hybridized carbons (Fsp3) is 0.353. The van der Waals surface area contributed by atoms with Crippen LogP contribution in [0.4, 0.5) is 0 Å². The average molecular weight is 297 g/mol. The second-order valence-corrected chi connectivity index (χ2v) is 4.89. The van der Waals surface area contributed by atoms with Crippen LogP contribution in [0.2, 0.25) is 0 Å². The van der Waals surface area contributed by atoms with Gasteiger partial charge in [-0.1, -0.05) is 13.3 Å². The monoisotopic (exact) mass is 297 g/mol. The molecule has 1 aromatic carbocycles. The molecule has 2 rings (SSSR count). The van der Waals surface area contributed by atoms with E-state index < -0.39 is 0 Å². The summed E-state index contributed by atoms with van der Waals surface area (Å²) in [5.41, 5.74) is 1.26. The van der Waals surface area contributed by atoms with E-state index >= 15 is 0 Å². The van der Waals surface area contributed by atoms with Gasteiger partial charge in [0, 0.05) is 12.1 Å². The fourth-order valence-electron chi connectivity index (χ4n) is 2.11. The molecule has 5 nitrogen and oxygen atoms in total. The Morgan fingerprint density at radius 1 is 1.27 bits per heavy atom. The highest BCUT2D eigenvalue weighted by Gasteiger charge is 2.09. The molecule has 0 bridgehead atoms. The molecule has 0 atom stereocenters. The highest BCUT2D eigenvalue weighted by Crippen LogP contribution is 2.20. The molecule has 5 heteroatoms. The second-order valence-electron chi connectivity index (χ2n) is 4.89. The smallest absolute Gasteiger partial charge is 0.284 e. The first-order valence-electron chi connectivity index (χ1n) is 7.45. The van der Waals surface area contributed by atoms with Crippen LogP contribution >= 0.6 is 0 Å². The second kappa shape index (κ2) is 7.41. The van der Waals surface area contributed by atoms with Crippen molar-refractivity contribution in [3.8, 4) is 23.1 Å². The van der Waals surface area contributed by atoms with Gasteiger partial charge >= 0.3 is 0 Å². The van der Waals surface area contributed by atoms with Gasteiger partial charge in [-0.15, -0.1) is 0 Å². The van der Waals surface area contributed by atoms with Crippen LogP contribution in [0.15, 0.2) is 35.1 Å². The van der Waals surface area contributed by atoms with Gasteiger partial charge in [0.05, 0.1) is 12.3 Å². The van der Waals surface area contributed by atoms with Crippen LogP contribution in [0.1, 0.15) is 32.3 Å². The largest absolute Gasteiger partial charge is 0.494 e. The molecule has 0 saturated heterocycles. The molecule has 1 aromatic heterocycles. The summed E-state index contributed by atoms with van der Waals surface area (Å²) in [6.07, 6.45) is 1.81. The van der Waals surface area contributed by atoms with Crippen molar-refractivity contribution in [2.24, 2.45) is 0 Å². The van der Waals surface area contributed by atoms with Crippen molar-refractivity contribution in [3.05, 3.63) is 46.2 Å². The molecular weight excluding hydrogens is 278 g/mol. The third-order valence-electron chi connectivity index (χ3n) is 3.28. The number of benzene rings is 1. The number of aromatic nitrogens is 2. The number of rotatable bonds is 6. The summed E-state index contributed by atoms with van der Waals surface area (Å²) in [6.45, 7) is 5.11. The van der Waals surface area contributed by atoms with Crippen molar-refractivity contribution in [2.45, 2.75) is 33.2 Å². The van der Waals surface area contributed by atoms with E-state index in [0.29, 0.717) is 18.8 Å². The Labute approximate surface area is 129 Å². The number of nitrogens with zero attached hydrogens (tertiary/aromatic N) is 3. The van der Waals surface area contributed by atoms with Gasteiger partial charge in [0.15, 0.2) is 0 Å². The van der Waals surface area contributed by atoms with Crippen LogP contribution in [0.5, 0.6) is 5.75 Å². The van der Waals surface area contributed by atoms with E-state index in [-0.39, 0.29) is 11.1 Å². The lowest BCUT2D eigenvalue weighted by molar-refractivity contribution is 0.340. The summed E-state index contributed by atoms with van der Waals surface area (Å²) in [5, 5.41) is 13.5. The van der Waals surface area contributed by atoms with E-state index in [1.54, 1.807) is 6.07 Å². The van der Waals surface area contributed by atoms with Crippen molar-refractivity contribution in [3.63, 3.8) is 0 Å². The number of hydrogen-bond acceptors (Lipinski definition) is 4. The van der Waals surface area contributed by atoms with E-state index in [4.69, 9.17) is 10.00 Å². The van der Waals surface area contributed by atoms with E-state index in [2.05, 4.69) is 5.10 Å². The first-order chi connectivity index (χ1) is 10.7. The molecule has 22 heavy (non-hydrogen) atoms. The average Bonchev–Trinajstić information content (AvgIpc) is 2.55. The lowest BCUT2D eigenvalue weighted by atomic mass is 10.1. The fourth-order valence-corrected chi connectivity index (χ4v) is 2.11. The summed E-state index contributed by atoms with van der Waals surface area (Å²) in [4.78, 5) is 12.1. The minimum atomic E-state index is -0.328. The summed E-state index contributed by atoms with van der Waals surface area (Å²) >= 11 is 0. The van der Waals surface area contributed by atoms with Crippen LogP contribution in [0.25, 0.3) is 11.3 Å². The Balaban J connectivity index is 2.41. The maximum Gasteiger partial charge on any atom is 0.284 e. The van der Waals surface area contributed by atoms with Gasteiger partial charge in [0.2, 0.25) is 0 Å². The topological polar surface area (TPSA) is 67.9 Å². The van der Waals surface area contributed by atoms with E-state index in [0.717, 1.165) is 24.2 Å². The molecular formula is C17H19N3O2. The Bertz CT molecular complexity index is 727. The minimum absolute atomic E-state index is 0.120. The van der Waals surface area contributed by atoms with Gasteiger partial charge in [0.1, 0.15) is 17.4 Å². The molecule has 2 aromatic rings. The third-order valence-corrected chi connectivity index (χ3v) is 3.28. The van der Waals surface area contributed by atoms with Crippen molar-refractivity contribution in [2.75, 3.05) is 6.61 Å². The molecule has 0 spiro atoms. The van der Waals surface area contributed by atoms with Gasteiger partial charge in [-0.2, -0.15) is 10.4 Å². The SMILES string of the molecule is CCCCn1nc(-c2ccc(OCC)cc2)cc(C#N)c1=O. The zero-order valence-corrected chi connectivity index (χ0v) is 12.9. The van der Waals surface area contributed by atoms with Gasteiger partial charge in [-0.05, 0) is 43.7 Å². The predicted molar refractivity (Wildman–Crippen MR) is 84.7 cm³/mol. The lowest BCUT2D eigenvalue weighted by Crippen LogP contribution is -2.25. The number of ether oxygens (including phenoxy) is 1. The number of aryl methyl sites for hydroxylation is 1. The summed E-state index contributed by atoms with van der Waals surface area (Å²) in [5.74, 6) is 0.783. The number of nitriles is 1. The Kier molecular flexibility index (Phi) is 5.31. The molecule has 114 valence electrons. The summed E-state index contributed by atoms with van der Waals surface area (Å²) in [6, 6.07) is 11.0. The highest BCUT2D eigenvalue weighted by atomic mass is 16.5. The van der Waals surface area contributed by atoms with Crippen molar-refractivity contribution < 1.29 is 4.74 Å². The maximum absolute atomic E-state index is 12.1. The number of hydrogen-bond donors (Lipinski definition) is 0. The van der Waals surface area contributed by atoms with Crippen LogP contribution in [-0.4, -0.2) is 16.4 Å². The number of unbranched alkanes of at least 4 members (excludes halogenated alkanes) is 1. The van der Waals surface area contributed by atoms with E-state index in [1.807, 2.05) is 44.2 Å². The zero-order chi connectivity index (χ0) is 15.9. The van der Waals surface area contributed by atoms with Crippen molar-refractivity contribution in [1.82, 2.24) is 9.78 Å². The van der Waals surface area contributed by atoms with E-state index in [9.17, 15) is 4.79 Å². The molecule has 0 fully saturated rings. The van der Waals surface area contributed by atoms with Gasteiger partial charge < -0.3 is 4.74 Å². The quantitative estimate of drug-likeness (QED) is 0.822. The highest BCUT2D eigenvalue weighted by molar-refractivity contribution is 5.61. The normalized spacial score (nSPS) is 10.2. The Morgan fingerprint density at radius 2 is 2.00 bits per heavy atom. The Morgan fingerprint density at radius 3 is 2.59 bits per heavy atom. The molecule has 0 N–H and O–H groups in total. The lowest BCUT2D eigenvalue weighted by Gasteiger charge is -2.08. The molecule has 0 unspecified atom stereocenters. The molecule has 0 aliphatic rings.